The summed E-state index contributed by atoms with van der Waals surface area (Å²) in [7, 11) is 2.15. The van der Waals surface area contributed by atoms with Crippen molar-refractivity contribution >= 4 is 23.6 Å². The summed E-state index contributed by atoms with van der Waals surface area (Å²) in [4.78, 5) is 33.2. The molecule has 0 N–H and O–H groups in total. The maximum absolute atomic E-state index is 14.0. The van der Waals surface area contributed by atoms with E-state index in [1.807, 2.05) is 17.0 Å². The number of hydrogen-bond acceptors (Lipinski definition) is 4. The van der Waals surface area contributed by atoms with E-state index in [1.165, 1.54) is 37.7 Å². The Hall–Kier alpha value is -1.79. The van der Waals surface area contributed by atoms with Crippen LogP contribution in [0.4, 0.5) is 4.79 Å². The molecule has 3 saturated heterocycles. The minimum Gasteiger partial charge on any atom is -0.447 e. The molecular weight excluding hydrogens is 486 g/mol. The predicted octanol–water partition coefficient (Wildman–Crippen LogP) is 5.80. The molecule has 2 amide bonds. The van der Waals surface area contributed by atoms with Gasteiger partial charge in [0.05, 0.1) is 5.54 Å². The second kappa shape index (κ2) is 10.8. The minimum absolute atomic E-state index is 0.00653. The number of cyclic esters (lactones) is 1. The fourth-order valence-electron chi connectivity index (χ4n) is 7.51. The largest absolute Gasteiger partial charge is 0.447 e. The van der Waals surface area contributed by atoms with Crippen molar-refractivity contribution in [1.29, 1.82) is 0 Å². The van der Waals surface area contributed by atoms with Gasteiger partial charge in [0.15, 0.2) is 0 Å². The van der Waals surface area contributed by atoms with E-state index in [4.69, 9.17) is 16.3 Å². The van der Waals surface area contributed by atoms with Crippen LogP contribution in [0.1, 0.15) is 76.7 Å². The third-order valence-corrected chi connectivity index (χ3v) is 10.2. The van der Waals surface area contributed by atoms with Crippen molar-refractivity contribution in [2.75, 3.05) is 46.4 Å². The summed E-state index contributed by atoms with van der Waals surface area (Å²) in [6.45, 7) is 8.87. The highest BCUT2D eigenvalue weighted by Gasteiger charge is 2.50. The zero-order valence-corrected chi connectivity index (χ0v) is 23.6. The summed E-state index contributed by atoms with van der Waals surface area (Å²) in [5.41, 5.74) is 1.00. The highest BCUT2D eigenvalue weighted by molar-refractivity contribution is 6.30. The Kier molecular flexibility index (Phi) is 7.80. The molecule has 2 atom stereocenters. The molecule has 4 fully saturated rings. The summed E-state index contributed by atoms with van der Waals surface area (Å²) in [6, 6.07) is 8.07. The summed E-state index contributed by atoms with van der Waals surface area (Å²) in [5, 5.41) is 0.732. The maximum atomic E-state index is 14.0. The zero-order valence-electron chi connectivity index (χ0n) is 22.9. The summed E-state index contributed by atoms with van der Waals surface area (Å²) >= 11 is 6.16. The molecule has 4 aliphatic rings. The molecule has 3 aliphatic heterocycles. The summed E-state index contributed by atoms with van der Waals surface area (Å²) in [6.07, 6.45) is 9.02. The Morgan fingerprint density at radius 2 is 1.70 bits per heavy atom. The highest BCUT2D eigenvalue weighted by Crippen LogP contribution is 2.48. The fourth-order valence-corrected chi connectivity index (χ4v) is 7.64. The van der Waals surface area contributed by atoms with Gasteiger partial charge in [-0.05, 0) is 88.6 Å². The molecule has 204 valence electrons. The van der Waals surface area contributed by atoms with Gasteiger partial charge in [0.2, 0.25) is 5.91 Å². The number of nitrogens with zero attached hydrogens (tertiary/aromatic N) is 3. The molecule has 37 heavy (non-hydrogen) atoms. The van der Waals surface area contributed by atoms with Crippen molar-refractivity contribution in [3.8, 4) is 0 Å². The van der Waals surface area contributed by atoms with Crippen LogP contribution in [0.2, 0.25) is 5.02 Å². The Morgan fingerprint density at radius 1 is 1.03 bits per heavy atom. The third-order valence-electron chi connectivity index (χ3n) is 9.95. The van der Waals surface area contributed by atoms with Crippen molar-refractivity contribution in [3.05, 3.63) is 34.9 Å². The van der Waals surface area contributed by atoms with Crippen molar-refractivity contribution < 1.29 is 14.3 Å². The average molecular weight is 530 g/mol. The first-order chi connectivity index (χ1) is 17.7. The average Bonchev–Trinajstić information content (AvgIpc) is 3.16. The lowest BCUT2D eigenvalue weighted by molar-refractivity contribution is -0.141. The van der Waals surface area contributed by atoms with Gasteiger partial charge in [-0.25, -0.2) is 4.79 Å². The van der Waals surface area contributed by atoms with Gasteiger partial charge >= 0.3 is 6.09 Å². The fraction of sp³-hybridized carbons (Fsp3) is 0.733. The third kappa shape index (κ3) is 5.52. The molecule has 0 radical (unpaired) electrons. The Bertz CT molecular complexity index is 967. The van der Waals surface area contributed by atoms with Crippen LogP contribution in [-0.4, -0.2) is 78.6 Å². The van der Waals surface area contributed by atoms with E-state index < -0.39 is 0 Å². The molecule has 7 heteroatoms. The van der Waals surface area contributed by atoms with E-state index in [9.17, 15) is 9.59 Å². The van der Waals surface area contributed by atoms with Gasteiger partial charge in [0.1, 0.15) is 6.61 Å². The molecule has 3 heterocycles. The molecule has 1 aromatic rings. The van der Waals surface area contributed by atoms with E-state index in [2.05, 4.69) is 42.8 Å². The van der Waals surface area contributed by atoms with Gasteiger partial charge in [0.25, 0.3) is 0 Å². The van der Waals surface area contributed by atoms with Crippen LogP contribution in [0, 0.1) is 17.3 Å². The first-order valence-electron chi connectivity index (χ1n) is 14.4. The maximum Gasteiger partial charge on any atom is 0.410 e. The molecule has 6 nitrogen and oxygen atoms in total. The van der Waals surface area contributed by atoms with Crippen molar-refractivity contribution in [2.24, 2.45) is 17.3 Å². The normalized spacial score (nSPS) is 28.8. The molecule has 0 spiro atoms. The van der Waals surface area contributed by atoms with Crippen LogP contribution in [-0.2, 0) is 9.53 Å². The lowest BCUT2D eigenvalue weighted by atomic mass is 9.63. The number of ether oxygens (including phenoxy) is 1. The second-order valence-electron chi connectivity index (χ2n) is 12.8. The quantitative estimate of drug-likeness (QED) is 0.484. The van der Waals surface area contributed by atoms with Gasteiger partial charge in [-0.2, -0.15) is 0 Å². The number of likely N-dealkylation sites (N-methyl/N-ethyl adjacent to an activating group) is 1. The number of likely N-dealkylation sites (tertiary alicyclic amines) is 2. The number of piperidine rings is 2. The molecule has 5 rings (SSSR count). The Balaban J connectivity index is 1.32. The molecule has 1 unspecified atom stereocenters. The van der Waals surface area contributed by atoms with E-state index >= 15 is 0 Å². The molecule has 1 aromatic carbocycles. The first kappa shape index (κ1) is 26.8. The lowest BCUT2D eigenvalue weighted by Crippen LogP contribution is -2.56. The van der Waals surface area contributed by atoms with Gasteiger partial charge < -0.3 is 14.5 Å². The lowest BCUT2D eigenvalue weighted by Gasteiger charge is -2.51. The van der Waals surface area contributed by atoms with Crippen LogP contribution in [0.15, 0.2) is 24.3 Å². The highest BCUT2D eigenvalue weighted by atomic mass is 35.5. The number of halogens is 1. The standard InChI is InChI=1S/C30H44ClN3O3/c1-29(2)21-37-28(36)34(29)20-30(23-7-5-4-6-8-23)14-17-33(18-15-30)27(35)25-13-16-32(3)19-26(25)22-9-11-24(31)12-10-22/h9-12,23,25-26H,4-8,13-21H2,1-3H3/t25-,26?/m1/s1. The van der Waals surface area contributed by atoms with Gasteiger partial charge in [-0.3, -0.25) is 9.69 Å². The van der Waals surface area contributed by atoms with E-state index in [1.54, 1.807) is 0 Å². The number of carbonyl (C=O) groups excluding carboxylic acids is 2. The van der Waals surface area contributed by atoms with E-state index in [0.717, 1.165) is 57.0 Å². The van der Waals surface area contributed by atoms with E-state index in [0.29, 0.717) is 18.4 Å². The second-order valence-corrected chi connectivity index (χ2v) is 13.2. The van der Waals surface area contributed by atoms with Crippen LogP contribution in [0.25, 0.3) is 0 Å². The van der Waals surface area contributed by atoms with E-state index in [-0.39, 0.29) is 28.9 Å². The van der Waals surface area contributed by atoms with Crippen LogP contribution < -0.4 is 0 Å². The SMILES string of the molecule is CN1CC[C@@H](C(=O)N2CCC(CN3C(=O)OCC3(C)C)(C3CCCCC3)CC2)C(c2ccc(Cl)cc2)C1. The molecular formula is C30H44ClN3O3. The monoisotopic (exact) mass is 529 g/mol. The molecule has 1 saturated carbocycles. The van der Waals surface area contributed by atoms with Crippen LogP contribution in [0.5, 0.6) is 0 Å². The molecule has 1 aliphatic carbocycles. The number of benzene rings is 1. The van der Waals surface area contributed by atoms with Gasteiger partial charge in [-0.1, -0.05) is 43.0 Å². The summed E-state index contributed by atoms with van der Waals surface area (Å²) < 4.78 is 5.47. The topological polar surface area (TPSA) is 53.1 Å². The van der Waals surface area contributed by atoms with Gasteiger partial charge in [-0.15, -0.1) is 0 Å². The Labute approximate surface area is 227 Å². The number of rotatable bonds is 5. The molecule has 0 bridgehead atoms. The van der Waals surface area contributed by atoms with Crippen LogP contribution >= 0.6 is 11.6 Å². The van der Waals surface area contributed by atoms with Crippen LogP contribution in [0.3, 0.4) is 0 Å². The van der Waals surface area contributed by atoms with Crippen molar-refractivity contribution in [3.63, 3.8) is 0 Å². The first-order valence-corrected chi connectivity index (χ1v) is 14.7. The van der Waals surface area contributed by atoms with Crippen molar-refractivity contribution in [1.82, 2.24) is 14.7 Å². The molecule has 0 aromatic heterocycles. The zero-order chi connectivity index (χ0) is 26.2. The number of hydrogen-bond donors (Lipinski definition) is 0. The smallest absolute Gasteiger partial charge is 0.410 e. The number of carbonyl (C=O) groups is 2. The summed E-state index contributed by atoms with van der Waals surface area (Å²) in [5.74, 6) is 1.12. The minimum atomic E-state index is -0.272. The predicted molar refractivity (Wildman–Crippen MR) is 147 cm³/mol. The van der Waals surface area contributed by atoms with Crippen molar-refractivity contribution in [2.45, 2.75) is 76.7 Å². The Morgan fingerprint density at radius 3 is 2.32 bits per heavy atom. The number of amides is 2. The van der Waals surface area contributed by atoms with Gasteiger partial charge in [0, 0.05) is 43.0 Å².